The van der Waals surface area contributed by atoms with Crippen LogP contribution in [-0.4, -0.2) is 15.9 Å². The molecule has 0 fully saturated rings. The van der Waals surface area contributed by atoms with Gasteiger partial charge in [0.2, 0.25) is 5.91 Å². The molecule has 0 aliphatic heterocycles. The van der Waals surface area contributed by atoms with Gasteiger partial charge in [-0.1, -0.05) is 48.5 Å². The van der Waals surface area contributed by atoms with E-state index in [9.17, 15) is 4.79 Å². The van der Waals surface area contributed by atoms with Crippen LogP contribution >= 0.6 is 11.3 Å². The van der Waals surface area contributed by atoms with Gasteiger partial charge in [0.25, 0.3) is 0 Å². The van der Waals surface area contributed by atoms with Crippen molar-refractivity contribution >= 4 is 33.3 Å². The van der Waals surface area contributed by atoms with Gasteiger partial charge in [0.05, 0.1) is 11.9 Å². The van der Waals surface area contributed by atoms with Gasteiger partial charge >= 0.3 is 0 Å². The van der Waals surface area contributed by atoms with Gasteiger partial charge in [-0.05, 0) is 29.7 Å². The number of hydrogen-bond acceptors (Lipinski definition) is 4. The van der Waals surface area contributed by atoms with E-state index in [2.05, 4.69) is 28.5 Å². The van der Waals surface area contributed by atoms with Gasteiger partial charge in [0.1, 0.15) is 0 Å². The quantitative estimate of drug-likeness (QED) is 0.567. The van der Waals surface area contributed by atoms with Gasteiger partial charge in [0.15, 0.2) is 5.13 Å². The highest BCUT2D eigenvalue weighted by Gasteiger charge is 2.17. The van der Waals surface area contributed by atoms with Crippen molar-refractivity contribution in [2.24, 2.45) is 0 Å². The van der Waals surface area contributed by atoms with E-state index in [0.29, 0.717) is 5.13 Å². The average Bonchev–Trinajstić information content (AvgIpc) is 3.16. The first-order chi connectivity index (χ1) is 12.7. The summed E-state index contributed by atoms with van der Waals surface area (Å²) in [5.74, 6) is -0.0858. The first-order valence-electron chi connectivity index (χ1n) is 8.35. The molecular formula is C21H17N3OS. The van der Waals surface area contributed by atoms with Gasteiger partial charge in [-0.2, -0.15) is 0 Å². The molecule has 0 atom stereocenters. The summed E-state index contributed by atoms with van der Waals surface area (Å²) in [4.78, 5) is 21.4. The van der Waals surface area contributed by atoms with Crippen LogP contribution in [0.15, 0.2) is 66.2 Å². The molecule has 0 unspecified atom stereocenters. The molecule has 5 heteroatoms. The molecule has 1 amide bonds. The Labute approximate surface area is 155 Å². The highest BCUT2D eigenvalue weighted by molar-refractivity contribution is 7.13. The Kier molecular flexibility index (Phi) is 4.46. The van der Waals surface area contributed by atoms with Crippen LogP contribution in [0.25, 0.3) is 22.0 Å². The second kappa shape index (κ2) is 7.06. The number of para-hydroxylation sites is 1. The van der Waals surface area contributed by atoms with E-state index in [0.717, 1.165) is 33.3 Å². The van der Waals surface area contributed by atoms with Gasteiger partial charge in [0, 0.05) is 22.7 Å². The molecule has 0 aliphatic carbocycles. The fourth-order valence-corrected chi connectivity index (χ4v) is 3.68. The first kappa shape index (κ1) is 16.4. The molecule has 128 valence electrons. The molecule has 2 heterocycles. The van der Waals surface area contributed by atoms with Crippen LogP contribution < -0.4 is 5.32 Å². The summed E-state index contributed by atoms with van der Waals surface area (Å²) in [7, 11) is 0. The summed E-state index contributed by atoms with van der Waals surface area (Å²) < 4.78 is 0. The van der Waals surface area contributed by atoms with E-state index >= 15 is 0 Å². The van der Waals surface area contributed by atoms with E-state index in [1.54, 1.807) is 6.20 Å². The number of thiazole rings is 1. The zero-order valence-corrected chi connectivity index (χ0v) is 15.1. The second-order valence-corrected chi connectivity index (χ2v) is 6.89. The van der Waals surface area contributed by atoms with Gasteiger partial charge < -0.3 is 5.32 Å². The standard InChI is InChI=1S/C21H17N3OS/c1-14-17(13-19(25)24-21-22-11-12-26-21)20(15-7-3-2-4-8-15)16-9-5-6-10-18(16)23-14/h2-12H,13H2,1H3,(H,22,24,25). The van der Waals surface area contributed by atoms with Crippen LogP contribution in [0.2, 0.25) is 0 Å². The zero-order valence-electron chi connectivity index (χ0n) is 14.3. The van der Waals surface area contributed by atoms with E-state index in [4.69, 9.17) is 4.98 Å². The van der Waals surface area contributed by atoms with Crippen LogP contribution in [0.5, 0.6) is 0 Å². The van der Waals surface area contributed by atoms with Crippen molar-refractivity contribution in [3.8, 4) is 11.1 Å². The Morgan fingerprint density at radius 3 is 2.62 bits per heavy atom. The van der Waals surface area contributed by atoms with Gasteiger partial charge in [-0.25, -0.2) is 4.98 Å². The number of aryl methyl sites for hydroxylation is 1. The fourth-order valence-electron chi connectivity index (χ4n) is 3.13. The van der Waals surface area contributed by atoms with Gasteiger partial charge in [-0.3, -0.25) is 9.78 Å². The predicted molar refractivity (Wildman–Crippen MR) is 106 cm³/mol. The van der Waals surface area contributed by atoms with Crippen molar-refractivity contribution in [1.82, 2.24) is 9.97 Å². The Morgan fingerprint density at radius 2 is 1.85 bits per heavy atom. The maximum absolute atomic E-state index is 12.6. The molecule has 0 bridgehead atoms. The molecule has 0 saturated heterocycles. The number of aromatic nitrogens is 2. The molecule has 0 saturated carbocycles. The number of carbonyl (C=O) groups excluding carboxylic acids is 1. The van der Waals surface area contributed by atoms with Crippen molar-refractivity contribution in [2.45, 2.75) is 13.3 Å². The molecule has 2 aromatic heterocycles. The number of carbonyl (C=O) groups is 1. The third-order valence-electron chi connectivity index (χ3n) is 4.28. The van der Waals surface area contributed by atoms with E-state index < -0.39 is 0 Å². The monoisotopic (exact) mass is 359 g/mol. The summed E-state index contributed by atoms with van der Waals surface area (Å²) in [6.07, 6.45) is 1.94. The predicted octanol–water partition coefficient (Wildman–Crippen LogP) is 4.85. The van der Waals surface area contributed by atoms with Crippen molar-refractivity contribution < 1.29 is 4.79 Å². The lowest BCUT2D eigenvalue weighted by atomic mass is 9.92. The lowest BCUT2D eigenvalue weighted by Crippen LogP contribution is -2.16. The summed E-state index contributed by atoms with van der Waals surface area (Å²) in [6, 6.07) is 18.2. The maximum atomic E-state index is 12.6. The Morgan fingerprint density at radius 1 is 1.08 bits per heavy atom. The summed E-state index contributed by atoms with van der Waals surface area (Å²) in [6.45, 7) is 1.96. The Balaban J connectivity index is 1.83. The molecule has 0 aliphatic rings. The normalized spacial score (nSPS) is 10.8. The number of hydrogen-bond donors (Lipinski definition) is 1. The van der Waals surface area contributed by atoms with Crippen LogP contribution in [0.1, 0.15) is 11.3 Å². The van der Waals surface area contributed by atoms with Crippen LogP contribution in [0, 0.1) is 6.92 Å². The van der Waals surface area contributed by atoms with Crippen LogP contribution in [0.3, 0.4) is 0 Å². The molecule has 4 rings (SSSR count). The molecule has 4 aromatic rings. The minimum absolute atomic E-state index is 0.0858. The number of rotatable bonds is 4. The number of benzene rings is 2. The minimum Gasteiger partial charge on any atom is -0.302 e. The van der Waals surface area contributed by atoms with Crippen LogP contribution in [0.4, 0.5) is 5.13 Å². The largest absolute Gasteiger partial charge is 0.302 e. The topological polar surface area (TPSA) is 54.9 Å². The minimum atomic E-state index is -0.0858. The van der Waals surface area contributed by atoms with Crippen molar-refractivity contribution in [2.75, 3.05) is 5.32 Å². The first-order valence-corrected chi connectivity index (χ1v) is 9.23. The SMILES string of the molecule is Cc1nc2ccccc2c(-c2ccccc2)c1CC(=O)Nc1nccs1. The van der Waals surface area contributed by atoms with E-state index in [1.165, 1.54) is 11.3 Å². The molecule has 1 N–H and O–H groups in total. The number of pyridine rings is 1. The lowest BCUT2D eigenvalue weighted by Gasteiger charge is -2.15. The summed E-state index contributed by atoms with van der Waals surface area (Å²) in [5.41, 5.74) is 4.92. The summed E-state index contributed by atoms with van der Waals surface area (Å²) >= 11 is 1.41. The molecule has 0 spiro atoms. The number of fused-ring (bicyclic) bond motifs is 1. The van der Waals surface area contributed by atoms with E-state index in [1.807, 2.05) is 48.7 Å². The molecular weight excluding hydrogens is 342 g/mol. The van der Waals surface area contributed by atoms with Crippen LogP contribution in [-0.2, 0) is 11.2 Å². The average molecular weight is 359 g/mol. The number of nitrogens with one attached hydrogen (secondary N) is 1. The maximum Gasteiger partial charge on any atom is 0.230 e. The highest BCUT2D eigenvalue weighted by atomic mass is 32.1. The zero-order chi connectivity index (χ0) is 17.9. The van der Waals surface area contributed by atoms with Gasteiger partial charge in [-0.15, -0.1) is 11.3 Å². The third-order valence-corrected chi connectivity index (χ3v) is 4.97. The summed E-state index contributed by atoms with van der Waals surface area (Å²) in [5, 5.41) is 6.38. The third kappa shape index (κ3) is 3.21. The van der Waals surface area contributed by atoms with Crippen molar-refractivity contribution in [3.63, 3.8) is 0 Å². The second-order valence-electron chi connectivity index (χ2n) is 6.00. The van der Waals surface area contributed by atoms with Crippen molar-refractivity contribution in [1.29, 1.82) is 0 Å². The number of anilines is 1. The lowest BCUT2D eigenvalue weighted by molar-refractivity contribution is -0.115. The molecule has 26 heavy (non-hydrogen) atoms. The highest BCUT2D eigenvalue weighted by Crippen LogP contribution is 2.33. The smallest absolute Gasteiger partial charge is 0.230 e. The van der Waals surface area contributed by atoms with E-state index in [-0.39, 0.29) is 12.3 Å². The number of amides is 1. The van der Waals surface area contributed by atoms with Crippen molar-refractivity contribution in [3.05, 3.63) is 77.4 Å². The Hall–Kier alpha value is -3.05. The molecule has 0 radical (unpaired) electrons. The Bertz CT molecular complexity index is 1060. The molecule has 4 nitrogen and oxygen atoms in total. The fraction of sp³-hybridized carbons (Fsp3) is 0.0952. The number of nitrogens with zero attached hydrogens (tertiary/aromatic N) is 2. The molecule has 2 aromatic carbocycles.